The minimum absolute atomic E-state index is 0.123. The lowest BCUT2D eigenvalue weighted by atomic mass is 10.2. The molecule has 8 heteroatoms. The molecule has 1 aromatic heterocycles. The van der Waals surface area contributed by atoms with Crippen molar-refractivity contribution in [2.24, 2.45) is 5.73 Å². The Bertz CT molecular complexity index is 680. The second-order valence-electron chi connectivity index (χ2n) is 3.79. The van der Waals surface area contributed by atoms with Gasteiger partial charge in [-0.15, -0.1) is 0 Å². The van der Waals surface area contributed by atoms with Crippen LogP contribution in [-0.2, 0) is 16.6 Å². The Morgan fingerprint density at radius 3 is 2.89 bits per heavy atom. The minimum Gasteiger partial charge on any atom is -0.389 e. The third-order valence-electron chi connectivity index (χ3n) is 2.44. The number of nitrogens with zero attached hydrogens (tertiary/aromatic N) is 1. The first-order chi connectivity index (χ1) is 8.99. The van der Waals surface area contributed by atoms with E-state index in [0.717, 1.165) is 0 Å². The van der Waals surface area contributed by atoms with Crippen LogP contribution in [0.4, 0.5) is 0 Å². The molecule has 0 spiro atoms. The predicted molar refractivity (Wildman–Crippen MR) is 74.9 cm³/mol. The van der Waals surface area contributed by atoms with Gasteiger partial charge in [-0.3, -0.25) is 0 Å². The fourth-order valence-corrected chi connectivity index (χ4v) is 2.63. The Morgan fingerprint density at radius 2 is 2.26 bits per heavy atom. The maximum Gasteiger partial charge on any atom is 0.240 e. The van der Waals surface area contributed by atoms with E-state index >= 15 is 0 Å². The number of aromatic nitrogens is 2. The molecule has 19 heavy (non-hydrogen) atoms. The van der Waals surface area contributed by atoms with Crippen molar-refractivity contribution in [3.8, 4) is 0 Å². The number of benzene rings is 1. The highest BCUT2D eigenvalue weighted by Gasteiger charge is 2.14. The smallest absolute Gasteiger partial charge is 0.240 e. The first-order valence-electron chi connectivity index (χ1n) is 5.36. The van der Waals surface area contributed by atoms with E-state index in [9.17, 15) is 8.42 Å². The molecule has 0 amide bonds. The number of H-pyrrole nitrogens is 1. The summed E-state index contributed by atoms with van der Waals surface area (Å²) in [6.45, 7) is 0.139. The highest BCUT2D eigenvalue weighted by molar-refractivity contribution is 7.89. The fourth-order valence-electron chi connectivity index (χ4n) is 1.45. The largest absolute Gasteiger partial charge is 0.389 e. The Hall–Kier alpha value is -1.77. The summed E-state index contributed by atoms with van der Waals surface area (Å²) >= 11 is 4.82. The third kappa shape index (κ3) is 3.37. The van der Waals surface area contributed by atoms with Gasteiger partial charge >= 0.3 is 0 Å². The van der Waals surface area contributed by atoms with Crippen LogP contribution in [0.15, 0.2) is 41.7 Å². The summed E-state index contributed by atoms with van der Waals surface area (Å²) in [6.07, 6.45) is 3.03. The van der Waals surface area contributed by atoms with Crippen LogP contribution in [0.25, 0.3) is 0 Å². The Morgan fingerprint density at radius 1 is 1.47 bits per heavy atom. The molecule has 0 fully saturated rings. The van der Waals surface area contributed by atoms with Gasteiger partial charge in [-0.2, -0.15) is 0 Å². The van der Waals surface area contributed by atoms with Crippen LogP contribution in [0.3, 0.4) is 0 Å². The lowest BCUT2D eigenvalue weighted by Gasteiger charge is -2.07. The van der Waals surface area contributed by atoms with E-state index in [1.807, 2.05) is 0 Å². The van der Waals surface area contributed by atoms with Crippen LogP contribution in [0.2, 0.25) is 0 Å². The first kappa shape index (κ1) is 13.7. The highest BCUT2D eigenvalue weighted by atomic mass is 32.2. The van der Waals surface area contributed by atoms with E-state index in [0.29, 0.717) is 11.3 Å². The van der Waals surface area contributed by atoms with E-state index in [-0.39, 0.29) is 16.4 Å². The van der Waals surface area contributed by atoms with Gasteiger partial charge in [0.05, 0.1) is 17.8 Å². The molecule has 0 bridgehead atoms. The molecule has 2 rings (SSSR count). The van der Waals surface area contributed by atoms with Gasteiger partial charge in [-0.25, -0.2) is 18.1 Å². The number of imidazole rings is 1. The molecule has 6 nitrogen and oxygen atoms in total. The topological polar surface area (TPSA) is 101 Å². The van der Waals surface area contributed by atoms with E-state index in [4.69, 9.17) is 18.0 Å². The maximum absolute atomic E-state index is 12.1. The number of hydrogen-bond acceptors (Lipinski definition) is 4. The molecule has 0 unspecified atom stereocenters. The van der Waals surface area contributed by atoms with Crippen molar-refractivity contribution < 1.29 is 8.42 Å². The molecule has 1 aromatic carbocycles. The fraction of sp³-hybridized carbons (Fsp3) is 0.0909. The Labute approximate surface area is 116 Å². The molecule has 100 valence electrons. The van der Waals surface area contributed by atoms with Crippen molar-refractivity contribution in [2.75, 3.05) is 0 Å². The second-order valence-corrected chi connectivity index (χ2v) is 6.00. The Balaban J connectivity index is 2.19. The number of rotatable bonds is 5. The standard InChI is InChI=1S/C11H12N4O2S2/c12-11(18)8-2-1-3-10(4-8)19(16,17)15-6-9-5-13-7-14-9/h1-5,7,15H,6H2,(H2,12,18)(H,13,14). The number of sulfonamides is 1. The van der Waals surface area contributed by atoms with Crippen molar-refractivity contribution in [3.63, 3.8) is 0 Å². The third-order valence-corrected chi connectivity index (χ3v) is 4.07. The summed E-state index contributed by atoms with van der Waals surface area (Å²) in [6, 6.07) is 6.18. The zero-order chi connectivity index (χ0) is 13.9. The molecule has 0 saturated carbocycles. The molecule has 4 N–H and O–H groups in total. The van der Waals surface area contributed by atoms with Gasteiger partial charge < -0.3 is 10.7 Å². The van der Waals surface area contributed by atoms with Gasteiger partial charge in [-0.05, 0) is 12.1 Å². The molecule has 0 aliphatic rings. The zero-order valence-electron chi connectivity index (χ0n) is 9.83. The molecular weight excluding hydrogens is 284 g/mol. The number of aromatic amines is 1. The van der Waals surface area contributed by atoms with Gasteiger partial charge in [0.15, 0.2) is 0 Å². The normalized spacial score (nSPS) is 11.4. The van der Waals surface area contributed by atoms with E-state index in [1.165, 1.54) is 18.5 Å². The lowest BCUT2D eigenvalue weighted by molar-refractivity contribution is 0.580. The van der Waals surface area contributed by atoms with Crippen molar-refractivity contribution in [3.05, 3.63) is 48.0 Å². The lowest BCUT2D eigenvalue weighted by Crippen LogP contribution is -2.24. The maximum atomic E-state index is 12.1. The quantitative estimate of drug-likeness (QED) is 0.698. The molecule has 0 atom stereocenters. The number of nitrogens with one attached hydrogen (secondary N) is 2. The summed E-state index contributed by atoms with van der Waals surface area (Å²) in [4.78, 5) is 6.90. The SMILES string of the molecule is NC(=S)c1cccc(S(=O)(=O)NCc2cnc[nH]2)c1. The summed E-state index contributed by atoms with van der Waals surface area (Å²) in [5.74, 6) is 0. The minimum atomic E-state index is -3.61. The van der Waals surface area contributed by atoms with Crippen molar-refractivity contribution in [1.29, 1.82) is 0 Å². The summed E-state index contributed by atoms with van der Waals surface area (Å²) in [5, 5.41) is 0. The molecule has 0 radical (unpaired) electrons. The van der Waals surface area contributed by atoms with Crippen molar-refractivity contribution >= 4 is 27.2 Å². The summed E-state index contributed by atoms with van der Waals surface area (Å²) in [5.41, 5.74) is 6.67. The van der Waals surface area contributed by atoms with Crippen LogP contribution in [0.1, 0.15) is 11.3 Å². The summed E-state index contributed by atoms with van der Waals surface area (Å²) < 4.78 is 26.6. The molecule has 0 aliphatic carbocycles. The molecule has 0 aliphatic heterocycles. The summed E-state index contributed by atoms with van der Waals surface area (Å²) in [7, 11) is -3.61. The van der Waals surface area contributed by atoms with Crippen LogP contribution in [0.5, 0.6) is 0 Å². The highest BCUT2D eigenvalue weighted by Crippen LogP contribution is 2.11. The van der Waals surface area contributed by atoms with Crippen molar-refractivity contribution in [1.82, 2.24) is 14.7 Å². The second kappa shape index (κ2) is 5.47. The van der Waals surface area contributed by atoms with Gasteiger partial charge in [0, 0.05) is 17.5 Å². The average Bonchev–Trinajstić information content (AvgIpc) is 2.90. The number of nitrogens with two attached hydrogens (primary N) is 1. The number of thiocarbonyl (C=S) groups is 1. The van der Waals surface area contributed by atoms with Crippen LogP contribution >= 0.6 is 12.2 Å². The first-order valence-corrected chi connectivity index (χ1v) is 7.25. The zero-order valence-corrected chi connectivity index (χ0v) is 11.5. The van der Waals surface area contributed by atoms with Gasteiger partial charge in [0.25, 0.3) is 0 Å². The van der Waals surface area contributed by atoms with E-state index in [1.54, 1.807) is 18.3 Å². The monoisotopic (exact) mass is 296 g/mol. The van der Waals surface area contributed by atoms with Gasteiger partial charge in [0.2, 0.25) is 10.0 Å². The van der Waals surface area contributed by atoms with Gasteiger partial charge in [0.1, 0.15) is 4.99 Å². The molecule has 2 aromatic rings. The number of hydrogen-bond donors (Lipinski definition) is 3. The molecule has 1 heterocycles. The molecular formula is C11H12N4O2S2. The van der Waals surface area contributed by atoms with E-state index in [2.05, 4.69) is 14.7 Å². The molecule has 0 saturated heterocycles. The average molecular weight is 296 g/mol. The van der Waals surface area contributed by atoms with Crippen molar-refractivity contribution in [2.45, 2.75) is 11.4 Å². The van der Waals surface area contributed by atoms with Crippen LogP contribution in [-0.4, -0.2) is 23.4 Å². The van der Waals surface area contributed by atoms with Crippen LogP contribution < -0.4 is 10.5 Å². The van der Waals surface area contributed by atoms with Gasteiger partial charge in [-0.1, -0.05) is 24.4 Å². The Kier molecular flexibility index (Phi) is 3.93. The van der Waals surface area contributed by atoms with Crippen LogP contribution in [0, 0.1) is 0 Å². The predicted octanol–water partition coefficient (Wildman–Crippen LogP) is 0.522. The van der Waals surface area contributed by atoms with E-state index < -0.39 is 10.0 Å².